The first-order chi connectivity index (χ1) is 13.2. The molecule has 1 aliphatic heterocycles. The Balaban J connectivity index is 1.44. The quantitative estimate of drug-likeness (QED) is 0.598. The lowest BCUT2D eigenvalue weighted by molar-refractivity contribution is -0.118. The summed E-state index contributed by atoms with van der Waals surface area (Å²) in [4.78, 5) is 25.6. The molecule has 0 bridgehead atoms. The van der Waals surface area contributed by atoms with E-state index in [9.17, 15) is 9.59 Å². The Hall–Kier alpha value is -1.53. The summed E-state index contributed by atoms with van der Waals surface area (Å²) in [5.41, 5.74) is 0.653. The fraction of sp³-hybridized carbons (Fsp3) is 0.619. The summed E-state index contributed by atoms with van der Waals surface area (Å²) in [5.74, 6) is 0.974. The van der Waals surface area contributed by atoms with E-state index >= 15 is 0 Å². The van der Waals surface area contributed by atoms with Crippen LogP contribution in [0.15, 0.2) is 29.2 Å². The lowest BCUT2D eigenvalue weighted by atomic mass is 9.89. The third-order valence-electron chi connectivity index (χ3n) is 5.47. The van der Waals surface area contributed by atoms with Crippen LogP contribution in [0.4, 0.5) is 0 Å². The second-order valence-corrected chi connectivity index (χ2v) is 8.61. The Bertz CT molecular complexity index is 626. The molecule has 1 aromatic carbocycles. The third kappa shape index (κ3) is 6.54. The van der Waals surface area contributed by atoms with Gasteiger partial charge in [-0.05, 0) is 50.3 Å². The average Bonchev–Trinajstić information content (AvgIpc) is 3.23. The van der Waals surface area contributed by atoms with Gasteiger partial charge in [0.05, 0.1) is 11.3 Å². The minimum atomic E-state index is -0.0607. The number of thioether (sulfide) groups is 1. The van der Waals surface area contributed by atoms with Crippen LogP contribution in [0.5, 0.6) is 0 Å². The van der Waals surface area contributed by atoms with E-state index in [4.69, 9.17) is 0 Å². The van der Waals surface area contributed by atoms with Crippen LogP contribution < -0.4 is 16.0 Å². The number of benzene rings is 1. The molecule has 5 nitrogen and oxygen atoms in total. The van der Waals surface area contributed by atoms with Crippen molar-refractivity contribution in [2.45, 2.75) is 55.9 Å². The van der Waals surface area contributed by atoms with E-state index in [0.29, 0.717) is 29.8 Å². The number of amides is 2. The normalized spacial score (nSPS) is 20.4. The van der Waals surface area contributed by atoms with Gasteiger partial charge in [0.25, 0.3) is 5.91 Å². The van der Waals surface area contributed by atoms with Crippen LogP contribution >= 0.6 is 11.8 Å². The second kappa shape index (κ2) is 10.7. The number of rotatable bonds is 8. The monoisotopic (exact) mass is 389 g/mol. The Morgan fingerprint density at radius 3 is 2.59 bits per heavy atom. The molecule has 1 saturated heterocycles. The number of carbonyl (C=O) groups is 2. The van der Waals surface area contributed by atoms with Crippen LogP contribution in [0.3, 0.4) is 0 Å². The van der Waals surface area contributed by atoms with Crippen molar-refractivity contribution in [3.05, 3.63) is 29.8 Å². The summed E-state index contributed by atoms with van der Waals surface area (Å²) in [6.45, 7) is 2.47. The van der Waals surface area contributed by atoms with Crippen LogP contribution in [0, 0.1) is 5.92 Å². The van der Waals surface area contributed by atoms with Gasteiger partial charge in [-0.3, -0.25) is 9.59 Å². The van der Waals surface area contributed by atoms with Crippen LogP contribution in [-0.2, 0) is 4.79 Å². The smallest absolute Gasteiger partial charge is 0.252 e. The molecule has 2 amide bonds. The van der Waals surface area contributed by atoms with E-state index in [1.807, 2.05) is 24.3 Å². The predicted octanol–water partition coefficient (Wildman–Crippen LogP) is 2.96. The zero-order chi connectivity index (χ0) is 18.9. The van der Waals surface area contributed by atoms with Crippen molar-refractivity contribution in [3.63, 3.8) is 0 Å². The summed E-state index contributed by atoms with van der Waals surface area (Å²) in [5, 5.41) is 9.47. The van der Waals surface area contributed by atoms with Crippen molar-refractivity contribution in [3.8, 4) is 0 Å². The molecule has 1 unspecified atom stereocenters. The van der Waals surface area contributed by atoms with Gasteiger partial charge in [-0.25, -0.2) is 0 Å². The van der Waals surface area contributed by atoms with Crippen molar-refractivity contribution in [2.75, 3.05) is 25.4 Å². The van der Waals surface area contributed by atoms with Gasteiger partial charge in [0, 0.05) is 24.0 Å². The second-order valence-electron chi connectivity index (χ2n) is 7.60. The van der Waals surface area contributed by atoms with Gasteiger partial charge >= 0.3 is 0 Å². The highest BCUT2D eigenvalue weighted by molar-refractivity contribution is 8.00. The molecule has 1 aliphatic carbocycles. The Morgan fingerprint density at radius 2 is 1.81 bits per heavy atom. The van der Waals surface area contributed by atoms with Crippen molar-refractivity contribution < 1.29 is 9.59 Å². The maximum Gasteiger partial charge on any atom is 0.252 e. The van der Waals surface area contributed by atoms with E-state index < -0.39 is 0 Å². The number of carbonyl (C=O) groups excluding carboxylic acids is 2. The maximum absolute atomic E-state index is 12.5. The van der Waals surface area contributed by atoms with Crippen LogP contribution in [0.2, 0.25) is 0 Å². The molecular weight excluding hydrogens is 358 g/mol. The first-order valence-corrected chi connectivity index (χ1v) is 11.2. The minimum absolute atomic E-state index is 0.0518. The third-order valence-corrected chi connectivity index (χ3v) is 6.55. The molecule has 1 atom stereocenters. The highest BCUT2D eigenvalue weighted by Gasteiger charge is 2.18. The predicted molar refractivity (Wildman–Crippen MR) is 110 cm³/mol. The molecule has 3 N–H and O–H groups in total. The van der Waals surface area contributed by atoms with Crippen molar-refractivity contribution >= 4 is 23.6 Å². The molecule has 6 heteroatoms. The van der Waals surface area contributed by atoms with Crippen LogP contribution in [0.25, 0.3) is 0 Å². The van der Waals surface area contributed by atoms with Crippen molar-refractivity contribution in [1.82, 2.24) is 16.0 Å². The van der Waals surface area contributed by atoms with Crippen molar-refractivity contribution in [1.29, 1.82) is 0 Å². The van der Waals surface area contributed by atoms with E-state index in [1.54, 1.807) is 0 Å². The zero-order valence-corrected chi connectivity index (χ0v) is 16.8. The minimum Gasteiger partial charge on any atom is -0.355 e. The van der Waals surface area contributed by atoms with E-state index in [2.05, 4.69) is 16.0 Å². The van der Waals surface area contributed by atoms with Gasteiger partial charge in [-0.1, -0.05) is 31.4 Å². The lowest BCUT2D eigenvalue weighted by Crippen LogP contribution is -2.37. The molecule has 0 radical (unpaired) electrons. The summed E-state index contributed by atoms with van der Waals surface area (Å²) in [7, 11) is 0. The first-order valence-electron chi connectivity index (χ1n) is 10.2. The van der Waals surface area contributed by atoms with Gasteiger partial charge in [0.2, 0.25) is 5.91 Å². The van der Waals surface area contributed by atoms with Gasteiger partial charge in [-0.15, -0.1) is 11.8 Å². The Kier molecular flexibility index (Phi) is 8.02. The van der Waals surface area contributed by atoms with Crippen LogP contribution in [-0.4, -0.2) is 43.2 Å². The Labute approximate surface area is 166 Å². The molecule has 148 valence electrons. The van der Waals surface area contributed by atoms with Crippen molar-refractivity contribution in [2.24, 2.45) is 5.92 Å². The average molecular weight is 390 g/mol. The summed E-state index contributed by atoms with van der Waals surface area (Å²) in [6.07, 6.45) is 8.64. The molecule has 0 spiro atoms. The summed E-state index contributed by atoms with van der Waals surface area (Å²) in [6, 6.07) is 7.91. The standard InChI is InChI=1S/C21H31N3O2S/c25-20(23-13-16-7-2-1-3-8-16)15-27-19-11-5-4-10-18(19)21(26)24-14-17-9-6-12-22-17/h4-5,10-11,16-17,22H,1-3,6-9,12-15H2,(H,23,25)(H,24,26). The lowest BCUT2D eigenvalue weighted by Gasteiger charge is -2.21. The highest BCUT2D eigenvalue weighted by Crippen LogP contribution is 2.24. The topological polar surface area (TPSA) is 70.2 Å². The molecular formula is C21H31N3O2S. The molecule has 27 heavy (non-hydrogen) atoms. The number of hydrogen-bond donors (Lipinski definition) is 3. The molecule has 0 aromatic heterocycles. The molecule has 1 saturated carbocycles. The number of nitrogens with one attached hydrogen (secondary N) is 3. The first kappa shape index (κ1) is 20.2. The van der Waals surface area contributed by atoms with Gasteiger partial charge < -0.3 is 16.0 Å². The molecule has 1 heterocycles. The van der Waals surface area contributed by atoms with E-state index in [0.717, 1.165) is 24.4 Å². The van der Waals surface area contributed by atoms with Gasteiger partial charge in [0.1, 0.15) is 0 Å². The van der Waals surface area contributed by atoms with E-state index in [1.165, 1.54) is 50.3 Å². The SMILES string of the molecule is O=C(CSc1ccccc1C(=O)NCC1CCCN1)NCC1CCCCC1. The zero-order valence-electron chi connectivity index (χ0n) is 16.0. The largest absolute Gasteiger partial charge is 0.355 e. The fourth-order valence-corrected chi connectivity index (χ4v) is 4.75. The number of hydrogen-bond acceptors (Lipinski definition) is 4. The molecule has 2 aliphatic rings. The molecule has 1 aromatic rings. The van der Waals surface area contributed by atoms with Gasteiger partial charge in [-0.2, -0.15) is 0 Å². The maximum atomic E-state index is 12.5. The summed E-state index contributed by atoms with van der Waals surface area (Å²) >= 11 is 1.44. The molecule has 2 fully saturated rings. The summed E-state index contributed by atoms with van der Waals surface area (Å²) < 4.78 is 0. The Morgan fingerprint density at radius 1 is 1.00 bits per heavy atom. The fourth-order valence-electron chi connectivity index (χ4n) is 3.87. The van der Waals surface area contributed by atoms with Crippen LogP contribution in [0.1, 0.15) is 55.3 Å². The highest BCUT2D eigenvalue weighted by atomic mass is 32.2. The van der Waals surface area contributed by atoms with E-state index in [-0.39, 0.29) is 11.8 Å². The molecule has 3 rings (SSSR count). The van der Waals surface area contributed by atoms with Gasteiger partial charge in [0.15, 0.2) is 0 Å².